The zero-order valence-electron chi connectivity index (χ0n) is 6.30. The van der Waals surface area contributed by atoms with Gasteiger partial charge in [-0.3, -0.25) is 0 Å². The average Bonchev–Trinajstić information content (AvgIpc) is 2.29. The van der Waals surface area contributed by atoms with Gasteiger partial charge in [-0.15, -0.1) is 0 Å². The SMILES string of the molecule is Cc1nc2nc(F)nc(N)c2[nH]1. The predicted molar refractivity (Wildman–Crippen MR) is 40.8 cm³/mol. The van der Waals surface area contributed by atoms with Crippen molar-refractivity contribution >= 4 is 17.0 Å². The second kappa shape index (κ2) is 2.13. The van der Waals surface area contributed by atoms with Gasteiger partial charge in [0.15, 0.2) is 11.5 Å². The van der Waals surface area contributed by atoms with E-state index < -0.39 is 6.08 Å². The van der Waals surface area contributed by atoms with Gasteiger partial charge in [0.1, 0.15) is 11.3 Å². The number of nitrogen functional groups attached to an aromatic ring is 1. The molecule has 0 saturated carbocycles. The highest BCUT2D eigenvalue weighted by molar-refractivity contribution is 5.80. The molecule has 2 aromatic heterocycles. The van der Waals surface area contributed by atoms with Gasteiger partial charge in [-0.2, -0.15) is 14.4 Å². The summed E-state index contributed by atoms with van der Waals surface area (Å²) in [4.78, 5) is 13.5. The first-order valence-electron chi connectivity index (χ1n) is 3.32. The molecule has 12 heavy (non-hydrogen) atoms. The molecule has 0 aliphatic heterocycles. The van der Waals surface area contributed by atoms with Gasteiger partial charge in [-0.1, -0.05) is 0 Å². The molecule has 2 rings (SSSR count). The van der Waals surface area contributed by atoms with Crippen molar-refractivity contribution < 1.29 is 4.39 Å². The van der Waals surface area contributed by atoms with E-state index >= 15 is 0 Å². The Morgan fingerprint density at radius 1 is 1.33 bits per heavy atom. The maximum Gasteiger partial charge on any atom is 0.312 e. The number of nitrogens with zero attached hydrogens (tertiary/aromatic N) is 3. The van der Waals surface area contributed by atoms with Crippen LogP contribution in [0.15, 0.2) is 0 Å². The molecule has 62 valence electrons. The fourth-order valence-electron chi connectivity index (χ4n) is 1.01. The summed E-state index contributed by atoms with van der Waals surface area (Å²) in [6.45, 7) is 1.74. The minimum Gasteiger partial charge on any atom is -0.382 e. The lowest BCUT2D eigenvalue weighted by molar-refractivity contribution is 0.545. The molecule has 3 N–H and O–H groups in total. The van der Waals surface area contributed by atoms with Crippen molar-refractivity contribution in [3.63, 3.8) is 0 Å². The lowest BCUT2D eigenvalue weighted by Gasteiger charge is -1.91. The second-order valence-electron chi connectivity index (χ2n) is 2.40. The van der Waals surface area contributed by atoms with Crippen LogP contribution in [-0.2, 0) is 0 Å². The third kappa shape index (κ3) is 0.884. The van der Waals surface area contributed by atoms with Crippen LogP contribution in [0.5, 0.6) is 0 Å². The van der Waals surface area contributed by atoms with E-state index in [1.54, 1.807) is 6.92 Å². The third-order valence-corrected chi connectivity index (χ3v) is 1.47. The topological polar surface area (TPSA) is 80.5 Å². The van der Waals surface area contributed by atoms with Crippen molar-refractivity contribution in [2.24, 2.45) is 0 Å². The Kier molecular flexibility index (Phi) is 1.24. The number of nitrogens with two attached hydrogens (primary N) is 1. The first-order chi connectivity index (χ1) is 5.66. The molecular weight excluding hydrogens is 161 g/mol. The quantitative estimate of drug-likeness (QED) is 0.556. The number of aromatic nitrogens is 4. The van der Waals surface area contributed by atoms with Crippen molar-refractivity contribution in [3.8, 4) is 0 Å². The number of nitrogens with one attached hydrogen (secondary N) is 1. The lowest BCUT2D eigenvalue weighted by atomic mass is 10.5. The summed E-state index contributed by atoms with van der Waals surface area (Å²) in [5.74, 6) is 0.717. The van der Waals surface area contributed by atoms with Crippen LogP contribution in [0.25, 0.3) is 11.2 Å². The summed E-state index contributed by atoms with van der Waals surface area (Å²) in [5, 5.41) is 0. The molecule has 0 atom stereocenters. The number of halogens is 1. The molecule has 0 spiro atoms. The highest BCUT2D eigenvalue weighted by Gasteiger charge is 2.07. The van der Waals surface area contributed by atoms with Crippen LogP contribution in [0.4, 0.5) is 10.2 Å². The molecule has 0 radical (unpaired) electrons. The Balaban J connectivity index is 2.88. The lowest BCUT2D eigenvalue weighted by Crippen LogP contribution is -1.97. The first kappa shape index (κ1) is 6.96. The summed E-state index contributed by atoms with van der Waals surface area (Å²) in [7, 11) is 0. The van der Waals surface area contributed by atoms with Crippen molar-refractivity contribution in [2.45, 2.75) is 6.92 Å². The number of H-pyrrole nitrogens is 1. The standard InChI is InChI=1S/C6H6FN5/c1-2-9-3-4(8)11-6(7)12-5(3)10-2/h1H3,(H3,8,9,10,11,12). The summed E-state index contributed by atoms with van der Waals surface area (Å²) in [6.07, 6.45) is -0.855. The van der Waals surface area contributed by atoms with Crippen LogP contribution in [0.2, 0.25) is 0 Å². The second-order valence-corrected chi connectivity index (χ2v) is 2.40. The van der Waals surface area contributed by atoms with Crippen LogP contribution in [0.3, 0.4) is 0 Å². The van der Waals surface area contributed by atoms with E-state index in [4.69, 9.17) is 5.73 Å². The highest BCUT2D eigenvalue weighted by atomic mass is 19.1. The number of fused-ring (bicyclic) bond motifs is 1. The molecule has 0 fully saturated rings. The van der Waals surface area contributed by atoms with Gasteiger partial charge in [0, 0.05) is 0 Å². The number of imidazole rings is 1. The zero-order chi connectivity index (χ0) is 8.72. The number of anilines is 1. The molecule has 0 aromatic carbocycles. The van der Waals surface area contributed by atoms with Crippen LogP contribution >= 0.6 is 0 Å². The normalized spacial score (nSPS) is 10.8. The van der Waals surface area contributed by atoms with Gasteiger partial charge in [0.2, 0.25) is 0 Å². The van der Waals surface area contributed by atoms with E-state index in [9.17, 15) is 4.39 Å². The monoisotopic (exact) mass is 167 g/mol. The van der Waals surface area contributed by atoms with Gasteiger partial charge < -0.3 is 10.7 Å². The Morgan fingerprint density at radius 2 is 2.08 bits per heavy atom. The van der Waals surface area contributed by atoms with Gasteiger partial charge in [-0.25, -0.2) is 4.98 Å². The van der Waals surface area contributed by atoms with Crippen molar-refractivity contribution in [1.29, 1.82) is 0 Å². The van der Waals surface area contributed by atoms with E-state index in [0.29, 0.717) is 11.3 Å². The molecule has 5 nitrogen and oxygen atoms in total. The molecule has 0 saturated heterocycles. The molecule has 0 aliphatic rings. The van der Waals surface area contributed by atoms with Crippen molar-refractivity contribution in [2.75, 3.05) is 5.73 Å². The summed E-state index contributed by atoms with van der Waals surface area (Å²) in [5.41, 5.74) is 6.15. The first-order valence-corrected chi connectivity index (χ1v) is 3.32. The molecule has 0 aliphatic carbocycles. The van der Waals surface area contributed by atoms with Crippen molar-refractivity contribution in [3.05, 3.63) is 11.9 Å². The maximum absolute atomic E-state index is 12.6. The zero-order valence-corrected chi connectivity index (χ0v) is 6.30. The van der Waals surface area contributed by atoms with E-state index in [1.165, 1.54) is 0 Å². The van der Waals surface area contributed by atoms with Gasteiger partial charge in [0.25, 0.3) is 0 Å². The third-order valence-electron chi connectivity index (χ3n) is 1.47. The molecule has 2 heterocycles. The van der Waals surface area contributed by atoms with Crippen LogP contribution in [-0.4, -0.2) is 19.9 Å². The Labute approximate surface area is 66.9 Å². The average molecular weight is 167 g/mol. The van der Waals surface area contributed by atoms with Gasteiger partial charge in [-0.05, 0) is 6.92 Å². The van der Waals surface area contributed by atoms with Crippen LogP contribution in [0, 0.1) is 13.0 Å². The van der Waals surface area contributed by atoms with Gasteiger partial charge in [0.05, 0.1) is 0 Å². The fraction of sp³-hybridized carbons (Fsp3) is 0.167. The number of aryl methyl sites for hydroxylation is 1. The summed E-state index contributed by atoms with van der Waals surface area (Å²) in [6, 6.07) is 0. The van der Waals surface area contributed by atoms with E-state index in [-0.39, 0.29) is 11.5 Å². The Hall–Kier alpha value is -1.72. The van der Waals surface area contributed by atoms with E-state index in [0.717, 1.165) is 0 Å². The largest absolute Gasteiger partial charge is 0.382 e. The minimum atomic E-state index is -0.855. The maximum atomic E-state index is 12.6. The molecule has 2 aromatic rings. The van der Waals surface area contributed by atoms with E-state index in [2.05, 4.69) is 19.9 Å². The fourth-order valence-corrected chi connectivity index (χ4v) is 1.01. The van der Waals surface area contributed by atoms with Crippen LogP contribution in [0.1, 0.15) is 5.82 Å². The number of hydrogen-bond acceptors (Lipinski definition) is 4. The molecule has 0 amide bonds. The van der Waals surface area contributed by atoms with Gasteiger partial charge >= 0.3 is 6.08 Å². The highest BCUT2D eigenvalue weighted by Crippen LogP contribution is 2.13. The number of hydrogen-bond donors (Lipinski definition) is 2. The van der Waals surface area contributed by atoms with E-state index in [1.807, 2.05) is 0 Å². The number of aromatic amines is 1. The smallest absolute Gasteiger partial charge is 0.312 e. The predicted octanol–water partition coefficient (Wildman–Crippen LogP) is 0.383. The summed E-state index contributed by atoms with van der Waals surface area (Å²) >= 11 is 0. The Morgan fingerprint density at radius 3 is 2.83 bits per heavy atom. The molecular formula is C6H6FN5. The molecule has 6 heteroatoms. The molecule has 0 unspecified atom stereocenters. The van der Waals surface area contributed by atoms with Crippen molar-refractivity contribution in [1.82, 2.24) is 19.9 Å². The molecule has 0 bridgehead atoms. The Bertz CT molecular complexity index is 435. The summed E-state index contributed by atoms with van der Waals surface area (Å²) < 4.78 is 12.6. The van der Waals surface area contributed by atoms with Crippen LogP contribution < -0.4 is 5.73 Å². The number of rotatable bonds is 0. The minimum absolute atomic E-state index is 0.0816.